The van der Waals surface area contributed by atoms with Crippen LogP contribution in [-0.4, -0.2) is 0 Å². The molecule has 0 aromatic heterocycles. The lowest BCUT2D eigenvalue weighted by molar-refractivity contribution is 0.617. The van der Waals surface area contributed by atoms with Crippen molar-refractivity contribution in [3.05, 3.63) is 64.2 Å². The van der Waals surface area contributed by atoms with E-state index in [1.807, 2.05) is 0 Å². The summed E-state index contributed by atoms with van der Waals surface area (Å²) in [6.45, 7) is 2.11. The Morgan fingerprint density at radius 1 is 1.06 bits per heavy atom. The molecule has 0 fully saturated rings. The fraction of sp³-hybridized carbons (Fsp3) is 0.143. The maximum absolute atomic E-state index is 13.4. The van der Waals surface area contributed by atoms with Crippen molar-refractivity contribution in [3.63, 3.8) is 0 Å². The van der Waals surface area contributed by atoms with Crippen LogP contribution in [0, 0.1) is 18.6 Å². The molecule has 0 atom stereocenters. The molecule has 0 amide bonds. The van der Waals surface area contributed by atoms with Gasteiger partial charge in [-0.15, -0.1) is 0 Å². The maximum atomic E-state index is 13.4. The molecule has 0 saturated heterocycles. The van der Waals surface area contributed by atoms with Gasteiger partial charge in [-0.25, -0.2) is 8.78 Å². The number of aryl methyl sites for hydroxylation is 1. The van der Waals surface area contributed by atoms with Gasteiger partial charge in [0, 0.05) is 11.6 Å². The van der Waals surface area contributed by atoms with Gasteiger partial charge in [-0.3, -0.25) is 0 Å². The first kappa shape index (κ1) is 12.8. The Bertz CT molecular complexity index is 570. The van der Waals surface area contributed by atoms with Crippen LogP contribution in [0.2, 0.25) is 5.02 Å². The number of benzene rings is 2. The SMILES string of the molecule is Cc1cc(CNc2cc(Cl)ccc2F)ccc1F. The third-order valence-electron chi connectivity index (χ3n) is 2.63. The van der Waals surface area contributed by atoms with Crippen molar-refractivity contribution in [3.8, 4) is 0 Å². The van der Waals surface area contributed by atoms with E-state index in [4.69, 9.17) is 11.6 Å². The fourth-order valence-corrected chi connectivity index (χ4v) is 1.82. The number of anilines is 1. The summed E-state index contributed by atoms with van der Waals surface area (Å²) in [5.74, 6) is -0.606. The second kappa shape index (κ2) is 5.36. The average Bonchev–Trinajstić information content (AvgIpc) is 2.34. The number of halogens is 3. The minimum Gasteiger partial charge on any atom is -0.379 e. The predicted octanol–water partition coefficient (Wildman–Crippen LogP) is 4.54. The van der Waals surface area contributed by atoms with Crippen LogP contribution < -0.4 is 5.32 Å². The van der Waals surface area contributed by atoms with E-state index in [9.17, 15) is 8.78 Å². The van der Waals surface area contributed by atoms with Crippen LogP contribution in [0.3, 0.4) is 0 Å². The number of hydrogen-bond acceptors (Lipinski definition) is 1. The first-order chi connectivity index (χ1) is 8.56. The third-order valence-corrected chi connectivity index (χ3v) is 2.87. The van der Waals surface area contributed by atoms with Gasteiger partial charge >= 0.3 is 0 Å². The van der Waals surface area contributed by atoms with Crippen LogP contribution in [0.1, 0.15) is 11.1 Å². The van der Waals surface area contributed by atoms with Gasteiger partial charge in [0.2, 0.25) is 0 Å². The molecule has 0 heterocycles. The Kier molecular flexibility index (Phi) is 3.82. The highest BCUT2D eigenvalue weighted by Gasteiger charge is 2.03. The van der Waals surface area contributed by atoms with Crippen molar-refractivity contribution in [2.24, 2.45) is 0 Å². The lowest BCUT2D eigenvalue weighted by Crippen LogP contribution is -2.02. The molecule has 2 aromatic rings. The zero-order valence-corrected chi connectivity index (χ0v) is 10.6. The Hall–Kier alpha value is -1.61. The van der Waals surface area contributed by atoms with Gasteiger partial charge < -0.3 is 5.32 Å². The summed E-state index contributed by atoms with van der Waals surface area (Å²) in [5.41, 5.74) is 1.79. The smallest absolute Gasteiger partial charge is 0.146 e. The second-order valence-electron chi connectivity index (χ2n) is 4.06. The molecule has 2 aromatic carbocycles. The molecule has 18 heavy (non-hydrogen) atoms. The Balaban J connectivity index is 2.11. The van der Waals surface area contributed by atoms with Crippen LogP contribution >= 0.6 is 11.6 Å². The fourth-order valence-electron chi connectivity index (χ4n) is 1.65. The summed E-state index contributed by atoms with van der Waals surface area (Å²) in [6, 6.07) is 9.11. The molecule has 1 nitrogen and oxygen atoms in total. The van der Waals surface area contributed by atoms with Crippen molar-refractivity contribution >= 4 is 17.3 Å². The van der Waals surface area contributed by atoms with Crippen LogP contribution in [-0.2, 0) is 6.54 Å². The molecule has 2 rings (SSSR count). The quantitative estimate of drug-likeness (QED) is 0.861. The van der Waals surface area contributed by atoms with Crippen LogP contribution in [0.15, 0.2) is 36.4 Å². The standard InChI is InChI=1S/C14H12ClF2N/c1-9-6-10(2-4-12(9)16)8-18-14-7-11(15)3-5-13(14)17/h2-7,18H,8H2,1H3. The lowest BCUT2D eigenvalue weighted by Gasteiger charge is -2.09. The lowest BCUT2D eigenvalue weighted by atomic mass is 10.1. The molecule has 0 aliphatic rings. The van der Waals surface area contributed by atoms with Crippen molar-refractivity contribution in [2.75, 3.05) is 5.32 Å². The molecule has 4 heteroatoms. The summed E-state index contributed by atoms with van der Waals surface area (Å²) in [7, 11) is 0. The largest absolute Gasteiger partial charge is 0.379 e. The van der Waals surface area contributed by atoms with Gasteiger partial charge in [-0.05, 0) is 42.3 Å². The van der Waals surface area contributed by atoms with E-state index in [2.05, 4.69) is 5.32 Å². The van der Waals surface area contributed by atoms with Crippen LogP contribution in [0.5, 0.6) is 0 Å². The highest BCUT2D eigenvalue weighted by atomic mass is 35.5. The first-order valence-corrected chi connectivity index (χ1v) is 5.88. The van der Waals surface area contributed by atoms with Crippen LogP contribution in [0.4, 0.5) is 14.5 Å². The maximum Gasteiger partial charge on any atom is 0.146 e. The highest BCUT2D eigenvalue weighted by molar-refractivity contribution is 6.30. The summed E-state index contributed by atoms with van der Waals surface area (Å²) >= 11 is 5.79. The molecular formula is C14H12ClF2N. The number of hydrogen-bond donors (Lipinski definition) is 1. The summed E-state index contributed by atoms with van der Waals surface area (Å²) in [5, 5.41) is 3.40. The van der Waals surface area contributed by atoms with Gasteiger partial charge in [0.05, 0.1) is 5.69 Å². The number of nitrogens with one attached hydrogen (secondary N) is 1. The van der Waals surface area contributed by atoms with Gasteiger partial charge in [-0.1, -0.05) is 23.7 Å². The normalized spacial score (nSPS) is 10.4. The van der Waals surface area contributed by atoms with Crippen molar-refractivity contribution in [1.82, 2.24) is 0 Å². The summed E-state index contributed by atoms with van der Waals surface area (Å²) in [6.07, 6.45) is 0. The molecule has 0 aliphatic carbocycles. The molecule has 1 N–H and O–H groups in total. The van der Waals surface area contributed by atoms with Gasteiger partial charge in [0.25, 0.3) is 0 Å². The predicted molar refractivity (Wildman–Crippen MR) is 69.9 cm³/mol. The molecule has 0 saturated carbocycles. The van der Waals surface area contributed by atoms with Crippen molar-refractivity contribution < 1.29 is 8.78 Å². The van der Waals surface area contributed by atoms with E-state index in [1.54, 1.807) is 19.1 Å². The minimum atomic E-state index is -0.363. The Labute approximate surface area is 109 Å². The molecule has 0 spiro atoms. The summed E-state index contributed by atoms with van der Waals surface area (Å²) < 4.78 is 26.5. The summed E-state index contributed by atoms with van der Waals surface area (Å²) in [4.78, 5) is 0. The van der Waals surface area contributed by atoms with Gasteiger partial charge in [0.1, 0.15) is 11.6 Å². The van der Waals surface area contributed by atoms with Crippen molar-refractivity contribution in [2.45, 2.75) is 13.5 Å². The molecule has 94 valence electrons. The van der Waals surface area contributed by atoms with E-state index < -0.39 is 0 Å². The number of rotatable bonds is 3. The van der Waals surface area contributed by atoms with Gasteiger partial charge in [-0.2, -0.15) is 0 Å². The molecule has 0 radical (unpaired) electrons. The molecule has 0 unspecified atom stereocenters. The average molecular weight is 268 g/mol. The van der Waals surface area contributed by atoms with E-state index >= 15 is 0 Å². The van der Waals surface area contributed by atoms with E-state index in [1.165, 1.54) is 24.3 Å². The second-order valence-corrected chi connectivity index (χ2v) is 4.50. The highest BCUT2D eigenvalue weighted by Crippen LogP contribution is 2.20. The molecule has 0 bridgehead atoms. The minimum absolute atomic E-state index is 0.243. The first-order valence-electron chi connectivity index (χ1n) is 5.50. The van der Waals surface area contributed by atoms with E-state index in [0.29, 0.717) is 22.8 Å². The third kappa shape index (κ3) is 2.99. The van der Waals surface area contributed by atoms with E-state index in [-0.39, 0.29) is 11.6 Å². The van der Waals surface area contributed by atoms with Crippen molar-refractivity contribution in [1.29, 1.82) is 0 Å². The molecular weight excluding hydrogens is 256 g/mol. The Morgan fingerprint density at radius 2 is 1.78 bits per heavy atom. The Morgan fingerprint density at radius 3 is 2.50 bits per heavy atom. The van der Waals surface area contributed by atoms with E-state index in [0.717, 1.165) is 5.56 Å². The topological polar surface area (TPSA) is 12.0 Å². The zero-order valence-electron chi connectivity index (χ0n) is 9.81. The molecule has 0 aliphatic heterocycles. The zero-order chi connectivity index (χ0) is 13.1. The van der Waals surface area contributed by atoms with Gasteiger partial charge in [0.15, 0.2) is 0 Å². The van der Waals surface area contributed by atoms with Crippen LogP contribution in [0.25, 0.3) is 0 Å². The monoisotopic (exact) mass is 267 g/mol.